The van der Waals surface area contributed by atoms with Gasteiger partial charge in [0.15, 0.2) is 5.17 Å². The SMILES string of the molecule is CCNC(=O)CC1=CSC2=NC(C)=C(C(=O)Nc3ccc(OC)cc3)[C@H](c3cccc(Cl)c3)N12. The van der Waals surface area contributed by atoms with Crippen molar-refractivity contribution >= 4 is 46.0 Å². The summed E-state index contributed by atoms with van der Waals surface area (Å²) in [4.78, 5) is 32.6. The molecule has 0 radical (unpaired) electrons. The summed E-state index contributed by atoms with van der Waals surface area (Å²) in [5.41, 5.74) is 3.36. The molecule has 2 aromatic rings. The summed E-state index contributed by atoms with van der Waals surface area (Å²) >= 11 is 7.77. The Hall–Kier alpha value is -3.23. The van der Waals surface area contributed by atoms with Crippen LogP contribution in [0, 0.1) is 0 Å². The number of ether oxygens (including phenoxy) is 1. The number of benzene rings is 2. The van der Waals surface area contributed by atoms with Gasteiger partial charge in [-0.3, -0.25) is 9.59 Å². The lowest BCUT2D eigenvalue weighted by Gasteiger charge is -2.36. The number of fused-ring (bicyclic) bond motifs is 1. The number of carbonyl (C=O) groups is 2. The van der Waals surface area contributed by atoms with Crippen LogP contribution in [0.1, 0.15) is 31.9 Å². The first-order valence-corrected chi connectivity index (χ1v) is 12.1. The van der Waals surface area contributed by atoms with Crippen LogP contribution in [-0.2, 0) is 9.59 Å². The van der Waals surface area contributed by atoms with E-state index in [0.29, 0.717) is 34.3 Å². The largest absolute Gasteiger partial charge is 0.497 e. The van der Waals surface area contributed by atoms with E-state index < -0.39 is 6.04 Å². The number of hydrogen-bond acceptors (Lipinski definition) is 6. The van der Waals surface area contributed by atoms with Gasteiger partial charge in [0.2, 0.25) is 5.91 Å². The number of hydrogen-bond donors (Lipinski definition) is 2. The predicted octanol–water partition coefficient (Wildman–Crippen LogP) is 5.09. The number of anilines is 1. The van der Waals surface area contributed by atoms with Gasteiger partial charge in [0, 0.05) is 23.0 Å². The van der Waals surface area contributed by atoms with Gasteiger partial charge in [0.25, 0.3) is 5.91 Å². The first-order valence-electron chi connectivity index (χ1n) is 10.8. The first-order chi connectivity index (χ1) is 16.4. The summed E-state index contributed by atoms with van der Waals surface area (Å²) in [7, 11) is 1.59. The molecule has 0 unspecified atom stereocenters. The van der Waals surface area contributed by atoms with E-state index in [1.54, 1.807) is 37.4 Å². The van der Waals surface area contributed by atoms with Gasteiger partial charge in [-0.1, -0.05) is 35.5 Å². The third kappa shape index (κ3) is 4.98. The molecule has 176 valence electrons. The minimum Gasteiger partial charge on any atom is -0.497 e. The van der Waals surface area contributed by atoms with Gasteiger partial charge in [0.05, 0.1) is 30.8 Å². The van der Waals surface area contributed by atoms with Gasteiger partial charge in [-0.2, -0.15) is 0 Å². The molecular formula is C25H25ClN4O3S. The number of amidine groups is 1. The van der Waals surface area contributed by atoms with Crippen LogP contribution in [-0.4, -0.2) is 35.5 Å². The molecule has 0 aliphatic carbocycles. The van der Waals surface area contributed by atoms with E-state index in [1.165, 1.54) is 11.8 Å². The first kappa shape index (κ1) is 23.9. The zero-order chi connectivity index (χ0) is 24.2. The fourth-order valence-corrected chi connectivity index (χ4v) is 5.11. The Balaban J connectivity index is 1.72. The lowest BCUT2D eigenvalue weighted by molar-refractivity contribution is -0.120. The number of thioether (sulfide) groups is 1. The van der Waals surface area contributed by atoms with E-state index in [2.05, 4.69) is 10.6 Å². The monoisotopic (exact) mass is 496 g/mol. The maximum Gasteiger partial charge on any atom is 0.255 e. The predicted molar refractivity (Wildman–Crippen MR) is 137 cm³/mol. The molecule has 2 aliphatic rings. The maximum absolute atomic E-state index is 13.6. The van der Waals surface area contributed by atoms with Gasteiger partial charge in [0.1, 0.15) is 5.75 Å². The third-order valence-corrected chi connectivity index (χ3v) is 6.60. The van der Waals surface area contributed by atoms with Crippen molar-refractivity contribution in [3.63, 3.8) is 0 Å². The molecule has 1 atom stereocenters. The van der Waals surface area contributed by atoms with E-state index in [4.69, 9.17) is 21.3 Å². The molecule has 0 spiro atoms. The lowest BCUT2D eigenvalue weighted by atomic mass is 9.93. The summed E-state index contributed by atoms with van der Waals surface area (Å²) in [5.74, 6) is 0.340. The number of methoxy groups -OCH3 is 1. The zero-order valence-electron chi connectivity index (χ0n) is 19.1. The molecule has 0 aromatic heterocycles. The second-order valence-electron chi connectivity index (χ2n) is 7.76. The number of allylic oxidation sites excluding steroid dienone is 1. The summed E-state index contributed by atoms with van der Waals surface area (Å²) in [6.07, 6.45) is 0.184. The van der Waals surface area contributed by atoms with Crippen LogP contribution in [0.2, 0.25) is 5.02 Å². The number of carbonyl (C=O) groups excluding carboxylic acids is 2. The Bertz CT molecular complexity index is 1210. The second-order valence-corrected chi connectivity index (χ2v) is 9.03. The Kier molecular flexibility index (Phi) is 7.29. The molecule has 2 aromatic carbocycles. The van der Waals surface area contributed by atoms with Crippen LogP contribution in [0.3, 0.4) is 0 Å². The molecule has 0 saturated heterocycles. The van der Waals surface area contributed by atoms with Crippen molar-refractivity contribution in [2.24, 2.45) is 4.99 Å². The van der Waals surface area contributed by atoms with Crippen molar-refractivity contribution in [2.75, 3.05) is 19.0 Å². The van der Waals surface area contributed by atoms with Crippen LogP contribution in [0.25, 0.3) is 0 Å². The average Bonchev–Trinajstić information content (AvgIpc) is 3.20. The van der Waals surface area contributed by atoms with Crippen LogP contribution >= 0.6 is 23.4 Å². The highest BCUT2D eigenvalue weighted by atomic mass is 35.5. The van der Waals surface area contributed by atoms with Crippen molar-refractivity contribution in [3.05, 3.63) is 81.5 Å². The summed E-state index contributed by atoms with van der Waals surface area (Å²) in [6.45, 7) is 4.26. The molecule has 9 heteroatoms. The van der Waals surface area contributed by atoms with Gasteiger partial charge in [-0.15, -0.1) is 0 Å². The maximum atomic E-state index is 13.6. The van der Waals surface area contributed by atoms with E-state index in [9.17, 15) is 9.59 Å². The summed E-state index contributed by atoms with van der Waals surface area (Å²) < 4.78 is 5.20. The van der Waals surface area contributed by atoms with Gasteiger partial charge < -0.3 is 20.3 Å². The zero-order valence-corrected chi connectivity index (χ0v) is 20.7. The van der Waals surface area contributed by atoms with Gasteiger partial charge in [-0.25, -0.2) is 4.99 Å². The van der Waals surface area contributed by atoms with Crippen molar-refractivity contribution in [3.8, 4) is 5.75 Å². The lowest BCUT2D eigenvalue weighted by Crippen LogP contribution is -2.38. The highest BCUT2D eigenvalue weighted by Gasteiger charge is 2.40. The van der Waals surface area contributed by atoms with Crippen LogP contribution < -0.4 is 15.4 Å². The van der Waals surface area contributed by atoms with Crippen molar-refractivity contribution in [1.29, 1.82) is 0 Å². The molecule has 0 bridgehead atoms. The molecule has 0 saturated carbocycles. The highest BCUT2D eigenvalue weighted by Crippen LogP contribution is 2.45. The van der Waals surface area contributed by atoms with Crippen molar-refractivity contribution < 1.29 is 14.3 Å². The van der Waals surface area contributed by atoms with Crippen molar-refractivity contribution in [2.45, 2.75) is 26.3 Å². The Morgan fingerprint density at radius 1 is 1.21 bits per heavy atom. The molecule has 2 aliphatic heterocycles. The van der Waals surface area contributed by atoms with Crippen LogP contribution in [0.4, 0.5) is 5.69 Å². The molecule has 2 heterocycles. The standard InChI is InChI=1S/C25H25ClN4O3S/c1-4-27-21(31)13-19-14-34-25-28-15(2)22(23(30(19)25)16-6-5-7-17(26)12-16)24(32)29-18-8-10-20(33-3)11-9-18/h5-12,14,23H,4,13H2,1-3H3,(H,27,31)(H,29,32)/t23-/m0/s1. The molecule has 34 heavy (non-hydrogen) atoms. The topological polar surface area (TPSA) is 83.0 Å². The molecule has 2 N–H and O–H groups in total. The number of nitrogens with one attached hydrogen (secondary N) is 2. The molecular weight excluding hydrogens is 472 g/mol. The molecule has 0 fully saturated rings. The third-order valence-electron chi connectivity index (χ3n) is 5.47. The molecule has 2 amide bonds. The van der Waals surface area contributed by atoms with E-state index >= 15 is 0 Å². The van der Waals surface area contributed by atoms with Crippen LogP contribution in [0.15, 0.2) is 75.9 Å². The Morgan fingerprint density at radius 3 is 2.65 bits per heavy atom. The summed E-state index contributed by atoms with van der Waals surface area (Å²) in [5, 5.41) is 9.02. The normalized spacial score (nSPS) is 17.1. The Morgan fingerprint density at radius 2 is 1.97 bits per heavy atom. The van der Waals surface area contributed by atoms with E-state index in [0.717, 1.165) is 16.4 Å². The summed E-state index contributed by atoms with van der Waals surface area (Å²) in [6, 6.07) is 14.1. The van der Waals surface area contributed by atoms with Gasteiger partial charge in [-0.05, 0) is 61.2 Å². The van der Waals surface area contributed by atoms with Crippen molar-refractivity contribution in [1.82, 2.24) is 10.2 Å². The highest BCUT2D eigenvalue weighted by molar-refractivity contribution is 8.16. The van der Waals surface area contributed by atoms with E-state index in [1.807, 2.05) is 42.4 Å². The van der Waals surface area contributed by atoms with E-state index in [-0.39, 0.29) is 18.2 Å². The fraction of sp³-hybridized carbons (Fsp3) is 0.240. The number of halogens is 1. The molecule has 7 nitrogen and oxygen atoms in total. The number of rotatable bonds is 7. The smallest absolute Gasteiger partial charge is 0.255 e. The Labute approximate surface area is 207 Å². The minimum absolute atomic E-state index is 0.0871. The minimum atomic E-state index is -0.486. The average molecular weight is 497 g/mol. The molecule has 4 rings (SSSR count). The number of nitrogens with zero attached hydrogens (tertiary/aromatic N) is 2. The quantitative estimate of drug-likeness (QED) is 0.558. The van der Waals surface area contributed by atoms with Gasteiger partial charge >= 0.3 is 0 Å². The number of amides is 2. The van der Waals surface area contributed by atoms with Crippen LogP contribution in [0.5, 0.6) is 5.75 Å². The number of aliphatic imine (C=N–C) groups is 1. The fourth-order valence-electron chi connectivity index (χ4n) is 3.95. The second kappa shape index (κ2) is 10.4.